The summed E-state index contributed by atoms with van der Waals surface area (Å²) in [5.74, 6) is -0.612. The van der Waals surface area contributed by atoms with Crippen molar-refractivity contribution in [1.82, 2.24) is 10.1 Å². The van der Waals surface area contributed by atoms with Gasteiger partial charge in [-0.15, -0.1) is 0 Å². The number of fused-ring (bicyclic) bond motifs is 1. The second kappa shape index (κ2) is 7.29. The van der Waals surface area contributed by atoms with Crippen molar-refractivity contribution in [2.75, 3.05) is 5.32 Å². The lowest BCUT2D eigenvalue weighted by atomic mass is 9.94. The number of benzene rings is 1. The van der Waals surface area contributed by atoms with Crippen molar-refractivity contribution in [3.8, 4) is 11.3 Å². The molecule has 0 saturated heterocycles. The lowest BCUT2D eigenvalue weighted by molar-refractivity contribution is 0.102. The Morgan fingerprint density at radius 2 is 1.85 bits per heavy atom. The minimum absolute atomic E-state index is 0.0908. The van der Waals surface area contributed by atoms with Gasteiger partial charge in [0.05, 0.1) is 11.3 Å². The molecule has 1 aliphatic carbocycles. The summed E-state index contributed by atoms with van der Waals surface area (Å²) in [5.41, 5.74) is 3.52. The van der Waals surface area contributed by atoms with Crippen LogP contribution in [0, 0.1) is 5.82 Å². The van der Waals surface area contributed by atoms with Crippen molar-refractivity contribution >= 4 is 34.8 Å². The highest BCUT2D eigenvalue weighted by atomic mass is 35.5. The molecule has 3 aromatic rings. The van der Waals surface area contributed by atoms with Crippen LogP contribution in [-0.4, -0.2) is 16.0 Å². The van der Waals surface area contributed by atoms with Crippen molar-refractivity contribution in [2.24, 2.45) is 0 Å². The van der Waals surface area contributed by atoms with Crippen LogP contribution in [0.2, 0.25) is 10.3 Å². The summed E-state index contributed by atoms with van der Waals surface area (Å²) < 4.78 is 19.1. The molecule has 1 amide bonds. The zero-order chi connectivity index (χ0) is 19.0. The second-order valence-electron chi connectivity index (χ2n) is 6.27. The van der Waals surface area contributed by atoms with Gasteiger partial charge in [-0.05, 0) is 56.0 Å². The smallest absolute Gasteiger partial charge is 0.258 e. The van der Waals surface area contributed by atoms with Crippen LogP contribution in [0.25, 0.3) is 11.3 Å². The van der Waals surface area contributed by atoms with E-state index >= 15 is 0 Å². The highest BCUT2D eigenvalue weighted by Crippen LogP contribution is 2.32. The average Bonchev–Trinajstić information content (AvgIpc) is 3.09. The molecule has 1 aromatic carbocycles. The maximum absolute atomic E-state index is 13.6. The minimum atomic E-state index is -0.809. The van der Waals surface area contributed by atoms with Gasteiger partial charge in [-0.3, -0.25) is 4.79 Å². The van der Waals surface area contributed by atoms with Crippen LogP contribution < -0.4 is 5.32 Å². The van der Waals surface area contributed by atoms with E-state index in [-0.39, 0.29) is 15.9 Å². The lowest BCUT2D eigenvalue weighted by Crippen LogP contribution is -2.13. The van der Waals surface area contributed by atoms with Crippen molar-refractivity contribution in [1.29, 1.82) is 0 Å². The molecule has 5 nitrogen and oxygen atoms in total. The number of carbonyl (C=O) groups excluding carboxylic acids is 1. The van der Waals surface area contributed by atoms with E-state index in [4.69, 9.17) is 27.7 Å². The Bertz CT molecular complexity index is 1020. The zero-order valence-corrected chi connectivity index (χ0v) is 15.6. The van der Waals surface area contributed by atoms with Crippen LogP contribution >= 0.6 is 23.2 Å². The number of halogens is 3. The molecule has 0 radical (unpaired) electrons. The Morgan fingerprint density at radius 1 is 1.11 bits per heavy atom. The van der Waals surface area contributed by atoms with Gasteiger partial charge in [-0.25, -0.2) is 9.37 Å². The molecule has 4 rings (SSSR count). The van der Waals surface area contributed by atoms with Crippen LogP contribution in [0.5, 0.6) is 0 Å². The van der Waals surface area contributed by atoms with Gasteiger partial charge in [0, 0.05) is 16.8 Å². The van der Waals surface area contributed by atoms with Gasteiger partial charge in [-0.1, -0.05) is 28.4 Å². The van der Waals surface area contributed by atoms with E-state index in [1.54, 1.807) is 12.1 Å². The third kappa shape index (κ3) is 3.55. The second-order valence-corrected chi connectivity index (χ2v) is 6.99. The number of anilines is 1. The van der Waals surface area contributed by atoms with E-state index in [0.29, 0.717) is 5.69 Å². The number of pyridine rings is 1. The summed E-state index contributed by atoms with van der Waals surface area (Å²) >= 11 is 11.4. The molecule has 2 aromatic heterocycles. The number of amides is 1. The third-order valence-corrected chi connectivity index (χ3v) is 5.05. The highest BCUT2D eigenvalue weighted by Gasteiger charge is 2.20. The quantitative estimate of drug-likeness (QED) is 0.599. The van der Waals surface area contributed by atoms with Crippen LogP contribution in [0.15, 0.2) is 34.9 Å². The van der Waals surface area contributed by atoms with Gasteiger partial charge < -0.3 is 9.84 Å². The van der Waals surface area contributed by atoms with Crippen LogP contribution in [0.1, 0.15) is 34.5 Å². The van der Waals surface area contributed by atoms with Crippen LogP contribution in [0.3, 0.4) is 0 Å². The molecule has 0 atom stereocenters. The molecule has 0 bridgehead atoms. The Hall–Kier alpha value is -2.44. The predicted octanol–water partition coefficient (Wildman–Crippen LogP) is 5.31. The molecular weight excluding hydrogens is 392 g/mol. The number of rotatable bonds is 3. The van der Waals surface area contributed by atoms with Crippen molar-refractivity contribution in [2.45, 2.75) is 25.7 Å². The zero-order valence-electron chi connectivity index (χ0n) is 14.1. The maximum atomic E-state index is 13.6. The molecule has 0 spiro atoms. The van der Waals surface area contributed by atoms with Gasteiger partial charge in [0.15, 0.2) is 16.7 Å². The molecule has 1 N–H and O–H groups in total. The van der Waals surface area contributed by atoms with E-state index in [2.05, 4.69) is 15.5 Å². The minimum Gasteiger partial charge on any atom is -0.356 e. The number of hydrogen-bond acceptors (Lipinski definition) is 4. The molecule has 0 fully saturated rings. The Kier molecular flexibility index (Phi) is 4.85. The summed E-state index contributed by atoms with van der Waals surface area (Å²) in [6.07, 6.45) is 4.16. The van der Waals surface area contributed by atoms with Crippen LogP contribution in [0.4, 0.5) is 10.1 Å². The topological polar surface area (TPSA) is 68.0 Å². The lowest BCUT2D eigenvalue weighted by Gasteiger charge is -2.10. The summed E-state index contributed by atoms with van der Waals surface area (Å²) in [6, 6.07) is 8.11. The number of nitrogens with zero attached hydrogens (tertiary/aromatic N) is 2. The first kappa shape index (κ1) is 17.9. The largest absolute Gasteiger partial charge is 0.356 e. The first-order chi connectivity index (χ1) is 13.0. The maximum Gasteiger partial charge on any atom is 0.258 e. The monoisotopic (exact) mass is 405 g/mol. The molecule has 1 aliphatic rings. The van der Waals surface area contributed by atoms with Crippen molar-refractivity contribution < 1.29 is 13.7 Å². The first-order valence-electron chi connectivity index (χ1n) is 8.43. The summed E-state index contributed by atoms with van der Waals surface area (Å²) in [6.45, 7) is 0. The molecule has 2 heterocycles. The molecule has 0 unspecified atom stereocenters. The summed E-state index contributed by atoms with van der Waals surface area (Å²) in [7, 11) is 0. The molecular formula is C19H14Cl2FN3O2. The fourth-order valence-electron chi connectivity index (χ4n) is 3.13. The number of aryl methyl sites for hydroxylation is 1. The average molecular weight is 406 g/mol. The predicted molar refractivity (Wildman–Crippen MR) is 101 cm³/mol. The first-order valence-corrected chi connectivity index (χ1v) is 9.19. The molecule has 27 heavy (non-hydrogen) atoms. The molecule has 0 aliphatic heterocycles. The number of carbonyl (C=O) groups is 1. The Balaban J connectivity index is 1.54. The normalized spacial score (nSPS) is 13.3. The van der Waals surface area contributed by atoms with Gasteiger partial charge in [0.2, 0.25) is 0 Å². The van der Waals surface area contributed by atoms with Gasteiger partial charge in [0.1, 0.15) is 5.15 Å². The van der Waals surface area contributed by atoms with Crippen LogP contribution in [-0.2, 0) is 12.8 Å². The molecule has 8 heteroatoms. The van der Waals surface area contributed by atoms with E-state index in [9.17, 15) is 9.18 Å². The Morgan fingerprint density at radius 3 is 2.63 bits per heavy atom. The summed E-state index contributed by atoms with van der Waals surface area (Å²) in [4.78, 5) is 15.9. The van der Waals surface area contributed by atoms with E-state index in [1.165, 1.54) is 0 Å². The number of nitrogens with one attached hydrogen (secondary N) is 1. The van der Waals surface area contributed by atoms with Gasteiger partial charge in [0.25, 0.3) is 5.91 Å². The van der Waals surface area contributed by atoms with Crippen molar-refractivity contribution in [3.05, 3.63) is 63.3 Å². The third-order valence-electron chi connectivity index (χ3n) is 4.50. The van der Waals surface area contributed by atoms with Gasteiger partial charge in [-0.2, -0.15) is 0 Å². The number of aromatic nitrogens is 2. The summed E-state index contributed by atoms with van der Waals surface area (Å²) in [5, 5.41) is 6.28. The standard InChI is InChI=1S/C19H14Cl2FN3O2/c20-17-13(9-14(22)18(21)24-17)19(26)23-11-7-5-10(6-8-11)16-12-3-1-2-4-15(12)25-27-16/h5-9H,1-4H2,(H,23,26). The fourth-order valence-corrected chi connectivity index (χ4v) is 3.53. The SMILES string of the molecule is O=C(Nc1ccc(-c2onc3c2CCCC3)cc1)c1cc(F)c(Cl)nc1Cl. The molecule has 0 saturated carbocycles. The number of hydrogen-bond donors (Lipinski definition) is 1. The van der Waals surface area contributed by atoms with E-state index < -0.39 is 11.7 Å². The Labute approximate surface area is 164 Å². The van der Waals surface area contributed by atoms with E-state index in [1.807, 2.05) is 12.1 Å². The van der Waals surface area contributed by atoms with Crippen molar-refractivity contribution in [3.63, 3.8) is 0 Å². The van der Waals surface area contributed by atoms with E-state index in [0.717, 1.165) is 54.3 Å². The highest BCUT2D eigenvalue weighted by molar-refractivity contribution is 6.35. The fraction of sp³-hybridized carbons (Fsp3) is 0.211. The molecule has 138 valence electrons. The van der Waals surface area contributed by atoms with Gasteiger partial charge >= 0.3 is 0 Å².